The summed E-state index contributed by atoms with van der Waals surface area (Å²) in [6.45, 7) is 2.66. The third kappa shape index (κ3) is 4.24. The Balaban J connectivity index is 1.73. The molecule has 2 aromatic rings. The van der Waals surface area contributed by atoms with Crippen LogP contribution in [0.4, 0.5) is 5.69 Å². The zero-order chi connectivity index (χ0) is 14.2. The first kappa shape index (κ1) is 14.3. The molecule has 0 unspecified atom stereocenters. The van der Waals surface area contributed by atoms with Crippen molar-refractivity contribution in [1.29, 1.82) is 0 Å². The summed E-state index contributed by atoms with van der Waals surface area (Å²) in [5, 5.41) is 3.40. The van der Waals surface area contributed by atoms with Crippen molar-refractivity contribution in [2.24, 2.45) is 0 Å². The van der Waals surface area contributed by atoms with Crippen molar-refractivity contribution in [2.45, 2.75) is 6.54 Å². The van der Waals surface area contributed by atoms with E-state index in [9.17, 15) is 0 Å². The van der Waals surface area contributed by atoms with Crippen LogP contribution in [0.25, 0.3) is 0 Å². The number of aromatic nitrogens is 1. The van der Waals surface area contributed by atoms with Crippen molar-refractivity contribution in [3.05, 3.63) is 54.4 Å². The molecule has 1 N–H and O–H groups in total. The van der Waals surface area contributed by atoms with E-state index >= 15 is 0 Å². The van der Waals surface area contributed by atoms with Crippen LogP contribution in [0.2, 0.25) is 0 Å². The standard InChI is InChI=1S/C16H21N3O/c1-19(15-6-8-16(20-2)9-7-15)12-11-17-13-14-5-3-4-10-18-14/h3-10,17H,11-13H2,1-2H3. The Morgan fingerprint density at radius 3 is 2.60 bits per heavy atom. The van der Waals surface area contributed by atoms with Crippen molar-refractivity contribution in [3.63, 3.8) is 0 Å². The first-order chi connectivity index (χ1) is 9.79. The Morgan fingerprint density at radius 2 is 1.95 bits per heavy atom. The van der Waals surface area contributed by atoms with Gasteiger partial charge in [-0.3, -0.25) is 4.98 Å². The van der Waals surface area contributed by atoms with Gasteiger partial charge < -0.3 is 15.0 Å². The second-order valence-electron chi connectivity index (χ2n) is 4.62. The first-order valence-corrected chi connectivity index (χ1v) is 6.75. The van der Waals surface area contributed by atoms with Crippen LogP contribution >= 0.6 is 0 Å². The SMILES string of the molecule is COc1ccc(N(C)CCNCc2ccccn2)cc1. The third-order valence-electron chi connectivity index (χ3n) is 3.17. The molecule has 0 aliphatic heterocycles. The van der Waals surface area contributed by atoms with Gasteiger partial charge >= 0.3 is 0 Å². The summed E-state index contributed by atoms with van der Waals surface area (Å²) in [6, 6.07) is 14.1. The number of nitrogens with zero attached hydrogens (tertiary/aromatic N) is 2. The van der Waals surface area contributed by atoms with Gasteiger partial charge in [-0.25, -0.2) is 0 Å². The molecule has 0 aliphatic carbocycles. The number of pyridine rings is 1. The minimum absolute atomic E-state index is 0.803. The summed E-state index contributed by atoms with van der Waals surface area (Å²) in [5.41, 5.74) is 2.25. The molecule has 0 fully saturated rings. The van der Waals surface area contributed by atoms with E-state index < -0.39 is 0 Å². The quantitative estimate of drug-likeness (QED) is 0.784. The molecule has 20 heavy (non-hydrogen) atoms. The summed E-state index contributed by atoms with van der Waals surface area (Å²) in [5.74, 6) is 0.885. The highest BCUT2D eigenvalue weighted by atomic mass is 16.5. The van der Waals surface area contributed by atoms with Gasteiger partial charge in [0.15, 0.2) is 0 Å². The van der Waals surface area contributed by atoms with Gasteiger partial charge in [-0.1, -0.05) is 6.07 Å². The number of anilines is 1. The molecule has 4 nitrogen and oxygen atoms in total. The number of nitrogens with one attached hydrogen (secondary N) is 1. The van der Waals surface area contributed by atoms with Crippen molar-refractivity contribution >= 4 is 5.69 Å². The summed E-state index contributed by atoms with van der Waals surface area (Å²) in [6.07, 6.45) is 1.82. The second-order valence-corrected chi connectivity index (χ2v) is 4.62. The third-order valence-corrected chi connectivity index (χ3v) is 3.17. The Bertz CT molecular complexity index is 499. The van der Waals surface area contributed by atoms with Crippen LogP contribution in [0.15, 0.2) is 48.7 Å². The first-order valence-electron chi connectivity index (χ1n) is 6.75. The van der Waals surface area contributed by atoms with Gasteiger partial charge in [0.25, 0.3) is 0 Å². The number of rotatable bonds is 7. The highest BCUT2D eigenvalue weighted by Gasteiger charge is 2.01. The van der Waals surface area contributed by atoms with Gasteiger partial charge in [-0.2, -0.15) is 0 Å². The molecular formula is C16H21N3O. The molecule has 106 valence electrons. The van der Waals surface area contributed by atoms with Crippen molar-refractivity contribution in [2.75, 3.05) is 32.1 Å². The molecule has 0 bridgehead atoms. The largest absolute Gasteiger partial charge is 0.497 e. The average Bonchev–Trinajstić information content (AvgIpc) is 2.52. The molecule has 1 heterocycles. The summed E-state index contributed by atoms with van der Waals surface area (Å²) < 4.78 is 5.16. The van der Waals surface area contributed by atoms with Crippen LogP contribution in [0.5, 0.6) is 5.75 Å². The molecule has 2 rings (SSSR count). The van der Waals surface area contributed by atoms with Gasteiger partial charge in [0.1, 0.15) is 5.75 Å². The lowest BCUT2D eigenvalue weighted by Crippen LogP contribution is -2.29. The van der Waals surface area contributed by atoms with E-state index in [2.05, 4.69) is 34.4 Å². The number of likely N-dealkylation sites (N-methyl/N-ethyl adjacent to an activating group) is 1. The van der Waals surface area contributed by atoms with Crippen molar-refractivity contribution < 1.29 is 4.74 Å². The van der Waals surface area contributed by atoms with E-state index in [0.717, 1.165) is 31.1 Å². The number of benzene rings is 1. The number of hydrogen-bond acceptors (Lipinski definition) is 4. The average molecular weight is 271 g/mol. The van der Waals surface area contributed by atoms with Crippen LogP contribution in [0.1, 0.15) is 5.69 Å². The van der Waals surface area contributed by atoms with Crippen LogP contribution in [-0.2, 0) is 6.54 Å². The Kier molecular flexibility index (Phi) is 5.38. The topological polar surface area (TPSA) is 37.4 Å². The van der Waals surface area contributed by atoms with Gasteiger partial charge in [-0.15, -0.1) is 0 Å². The molecule has 0 amide bonds. The van der Waals surface area contributed by atoms with Gasteiger partial charge in [0.05, 0.1) is 12.8 Å². The van der Waals surface area contributed by atoms with E-state index in [0.29, 0.717) is 0 Å². The van der Waals surface area contributed by atoms with Gasteiger partial charge in [-0.05, 0) is 36.4 Å². The lowest BCUT2D eigenvalue weighted by atomic mass is 10.3. The molecule has 0 atom stereocenters. The minimum Gasteiger partial charge on any atom is -0.497 e. The normalized spacial score (nSPS) is 10.3. The summed E-state index contributed by atoms with van der Waals surface area (Å²) in [4.78, 5) is 6.50. The predicted molar refractivity (Wildman–Crippen MR) is 82.2 cm³/mol. The zero-order valence-electron chi connectivity index (χ0n) is 12.0. The van der Waals surface area contributed by atoms with Crippen LogP contribution in [-0.4, -0.2) is 32.2 Å². The lowest BCUT2D eigenvalue weighted by Gasteiger charge is -2.19. The molecule has 0 saturated carbocycles. The molecule has 0 aliphatic rings. The highest BCUT2D eigenvalue weighted by Crippen LogP contribution is 2.17. The smallest absolute Gasteiger partial charge is 0.119 e. The fourth-order valence-electron chi connectivity index (χ4n) is 1.93. The maximum atomic E-state index is 5.16. The fraction of sp³-hybridized carbons (Fsp3) is 0.312. The van der Waals surface area contributed by atoms with Crippen molar-refractivity contribution in [3.8, 4) is 5.75 Å². The maximum absolute atomic E-state index is 5.16. The monoisotopic (exact) mass is 271 g/mol. The fourth-order valence-corrected chi connectivity index (χ4v) is 1.93. The number of hydrogen-bond donors (Lipinski definition) is 1. The molecule has 1 aromatic heterocycles. The molecule has 1 aromatic carbocycles. The molecular weight excluding hydrogens is 250 g/mol. The van der Waals surface area contributed by atoms with E-state index in [4.69, 9.17) is 4.74 Å². The van der Waals surface area contributed by atoms with Crippen LogP contribution in [0.3, 0.4) is 0 Å². The molecule has 0 radical (unpaired) electrons. The highest BCUT2D eigenvalue weighted by molar-refractivity contribution is 5.48. The van der Waals surface area contributed by atoms with Crippen LogP contribution in [0, 0.1) is 0 Å². The second kappa shape index (κ2) is 7.50. The van der Waals surface area contributed by atoms with Crippen LogP contribution < -0.4 is 15.0 Å². The van der Waals surface area contributed by atoms with E-state index in [-0.39, 0.29) is 0 Å². The summed E-state index contributed by atoms with van der Waals surface area (Å²) >= 11 is 0. The predicted octanol–water partition coefficient (Wildman–Crippen LogP) is 2.32. The summed E-state index contributed by atoms with van der Waals surface area (Å²) in [7, 11) is 3.77. The lowest BCUT2D eigenvalue weighted by molar-refractivity contribution is 0.415. The number of methoxy groups -OCH3 is 1. The number of ether oxygens (including phenoxy) is 1. The molecule has 0 saturated heterocycles. The van der Waals surface area contributed by atoms with Gasteiger partial charge in [0, 0.05) is 38.6 Å². The Hall–Kier alpha value is -2.07. The Morgan fingerprint density at radius 1 is 1.15 bits per heavy atom. The maximum Gasteiger partial charge on any atom is 0.119 e. The van der Waals surface area contributed by atoms with E-state index in [1.807, 2.05) is 36.5 Å². The molecule has 0 spiro atoms. The zero-order valence-corrected chi connectivity index (χ0v) is 12.0. The Labute approximate surface area is 120 Å². The molecule has 4 heteroatoms. The van der Waals surface area contributed by atoms with Crippen molar-refractivity contribution in [1.82, 2.24) is 10.3 Å². The van der Waals surface area contributed by atoms with Gasteiger partial charge in [0.2, 0.25) is 0 Å². The van der Waals surface area contributed by atoms with E-state index in [1.54, 1.807) is 7.11 Å². The van der Waals surface area contributed by atoms with E-state index in [1.165, 1.54) is 5.69 Å². The minimum atomic E-state index is 0.803.